The van der Waals surface area contributed by atoms with Crippen LogP contribution in [-0.2, 0) is 4.74 Å². The highest BCUT2D eigenvalue weighted by Crippen LogP contribution is 2.20. The number of nitrogens with one attached hydrogen (secondary N) is 3. The van der Waals surface area contributed by atoms with E-state index in [1.807, 2.05) is 19.9 Å². The van der Waals surface area contributed by atoms with Gasteiger partial charge in [0.2, 0.25) is 11.9 Å². The third-order valence-electron chi connectivity index (χ3n) is 3.92. The van der Waals surface area contributed by atoms with Crippen molar-refractivity contribution in [2.75, 3.05) is 25.6 Å². The van der Waals surface area contributed by atoms with Crippen LogP contribution >= 0.6 is 12.2 Å². The Hall–Kier alpha value is -1.80. The predicted octanol–water partition coefficient (Wildman–Crippen LogP) is 2.30. The lowest BCUT2D eigenvalue weighted by atomic mass is 9.96. The Morgan fingerprint density at radius 1 is 1.24 bits per heavy atom. The standard InChI is InChI=1S/C17H28N6OS/c1-12-11-13(2)20-15(19-12)22-16(21-14-7-5-4-6-8-14)23-17(25)18-9-10-24-3/h11,14H,4-10H2,1-3H3,(H3,18,19,20,21,22,23,25). The predicted molar refractivity (Wildman–Crippen MR) is 105 cm³/mol. The van der Waals surface area contributed by atoms with Crippen molar-refractivity contribution in [1.82, 2.24) is 20.6 Å². The van der Waals surface area contributed by atoms with Gasteiger partial charge in [-0.05, 0) is 45.0 Å². The van der Waals surface area contributed by atoms with Crippen LogP contribution in [-0.4, -0.2) is 47.3 Å². The molecular formula is C17H28N6OS. The summed E-state index contributed by atoms with van der Waals surface area (Å²) in [4.78, 5) is 13.7. The lowest BCUT2D eigenvalue weighted by Crippen LogP contribution is -2.44. The summed E-state index contributed by atoms with van der Waals surface area (Å²) in [7, 11) is 1.66. The van der Waals surface area contributed by atoms with Crippen molar-refractivity contribution < 1.29 is 4.74 Å². The van der Waals surface area contributed by atoms with Crippen LogP contribution in [0.4, 0.5) is 5.95 Å². The maximum absolute atomic E-state index is 5.34. The molecule has 0 saturated heterocycles. The summed E-state index contributed by atoms with van der Waals surface area (Å²) in [5.74, 6) is 1.12. The first-order chi connectivity index (χ1) is 12.1. The first-order valence-electron chi connectivity index (χ1n) is 8.77. The van der Waals surface area contributed by atoms with Gasteiger partial charge in [0.25, 0.3) is 0 Å². The number of aromatic nitrogens is 2. The van der Waals surface area contributed by atoms with E-state index in [0.717, 1.165) is 24.2 Å². The molecule has 2 rings (SSSR count). The van der Waals surface area contributed by atoms with Gasteiger partial charge in [-0.1, -0.05) is 19.3 Å². The zero-order valence-corrected chi connectivity index (χ0v) is 16.1. The molecule has 0 unspecified atom stereocenters. The Morgan fingerprint density at radius 2 is 1.92 bits per heavy atom. The zero-order chi connectivity index (χ0) is 18.1. The maximum Gasteiger partial charge on any atom is 0.229 e. The first-order valence-corrected chi connectivity index (χ1v) is 9.18. The van der Waals surface area contributed by atoms with Gasteiger partial charge in [0.05, 0.1) is 12.6 Å². The number of hydrogen-bond donors (Lipinski definition) is 3. The summed E-state index contributed by atoms with van der Waals surface area (Å²) in [6, 6.07) is 2.24. The van der Waals surface area contributed by atoms with E-state index in [-0.39, 0.29) is 0 Å². The van der Waals surface area contributed by atoms with Crippen molar-refractivity contribution in [2.24, 2.45) is 4.99 Å². The number of aliphatic imine (C=N–C) groups is 1. The molecule has 0 bridgehead atoms. The molecule has 1 aromatic heterocycles. The molecule has 0 radical (unpaired) electrons. The van der Waals surface area contributed by atoms with Gasteiger partial charge in [-0.2, -0.15) is 0 Å². The molecule has 25 heavy (non-hydrogen) atoms. The van der Waals surface area contributed by atoms with Gasteiger partial charge in [0.1, 0.15) is 0 Å². The number of aryl methyl sites for hydroxylation is 2. The lowest BCUT2D eigenvalue weighted by molar-refractivity contribution is 0.204. The number of thiocarbonyl (C=S) groups is 1. The molecule has 0 spiro atoms. The van der Waals surface area contributed by atoms with Crippen molar-refractivity contribution >= 4 is 29.2 Å². The number of methoxy groups -OCH3 is 1. The average molecular weight is 365 g/mol. The molecule has 8 heteroatoms. The van der Waals surface area contributed by atoms with Gasteiger partial charge in [0.15, 0.2) is 5.11 Å². The van der Waals surface area contributed by atoms with Crippen LogP contribution in [0.2, 0.25) is 0 Å². The molecule has 3 N–H and O–H groups in total. The van der Waals surface area contributed by atoms with Gasteiger partial charge < -0.3 is 15.4 Å². The molecule has 1 heterocycles. The fourth-order valence-electron chi connectivity index (χ4n) is 2.79. The second-order valence-electron chi connectivity index (χ2n) is 6.24. The average Bonchev–Trinajstić information content (AvgIpc) is 2.55. The quantitative estimate of drug-likeness (QED) is 0.320. The number of nitrogens with zero attached hydrogens (tertiary/aromatic N) is 3. The second kappa shape index (κ2) is 10.2. The molecular weight excluding hydrogens is 336 g/mol. The number of hydrogen-bond acceptors (Lipinski definition) is 5. The van der Waals surface area contributed by atoms with Crippen molar-refractivity contribution in [3.8, 4) is 0 Å². The van der Waals surface area contributed by atoms with Gasteiger partial charge in [-0.25, -0.2) is 15.0 Å². The Labute approximate surface area is 155 Å². The van der Waals surface area contributed by atoms with Crippen molar-refractivity contribution in [2.45, 2.75) is 52.0 Å². The van der Waals surface area contributed by atoms with Crippen LogP contribution in [0, 0.1) is 13.8 Å². The Kier molecular flexibility index (Phi) is 8.00. The third-order valence-corrected chi connectivity index (χ3v) is 4.17. The summed E-state index contributed by atoms with van der Waals surface area (Å²) >= 11 is 5.34. The molecule has 0 amide bonds. The molecule has 0 atom stereocenters. The van der Waals surface area contributed by atoms with E-state index in [4.69, 9.17) is 21.9 Å². The molecule has 138 valence electrons. The zero-order valence-electron chi connectivity index (χ0n) is 15.3. The highest BCUT2D eigenvalue weighted by Gasteiger charge is 2.15. The van der Waals surface area contributed by atoms with E-state index < -0.39 is 0 Å². The minimum Gasteiger partial charge on any atom is -0.383 e. The molecule has 1 aliphatic rings. The summed E-state index contributed by atoms with van der Waals surface area (Å²) in [6.07, 6.45) is 5.93. The van der Waals surface area contributed by atoms with E-state index in [2.05, 4.69) is 25.9 Å². The van der Waals surface area contributed by atoms with E-state index in [1.54, 1.807) is 7.11 Å². The Bertz CT molecular complexity index is 581. The van der Waals surface area contributed by atoms with E-state index in [9.17, 15) is 0 Å². The highest BCUT2D eigenvalue weighted by molar-refractivity contribution is 7.80. The maximum atomic E-state index is 5.34. The summed E-state index contributed by atoms with van der Waals surface area (Å²) < 4.78 is 5.02. The van der Waals surface area contributed by atoms with Crippen molar-refractivity contribution in [3.05, 3.63) is 17.5 Å². The second-order valence-corrected chi connectivity index (χ2v) is 6.65. The normalized spacial score (nSPS) is 15.7. The minimum absolute atomic E-state index is 0.302. The molecule has 1 saturated carbocycles. The van der Waals surface area contributed by atoms with Gasteiger partial charge >= 0.3 is 0 Å². The van der Waals surface area contributed by atoms with Gasteiger partial charge in [0, 0.05) is 25.0 Å². The number of guanidine groups is 1. The number of rotatable bonds is 5. The van der Waals surface area contributed by atoms with E-state index >= 15 is 0 Å². The number of anilines is 1. The summed E-state index contributed by atoms with van der Waals surface area (Å²) in [6.45, 7) is 5.12. The van der Waals surface area contributed by atoms with Crippen LogP contribution in [0.3, 0.4) is 0 Å². The van der Waals surface area contributed by atoms with Crippen LogP contribution in [0.15, 0.2) is 11.1 Å². The van der Waals surface area contributed by atoms with Crippen LogP contribution in [0.5, 0.6) is 0 Å². The Balaban J connectivity index is 2.07. The fourth-order valence-corrected chi connectivity index (χ4v) is 2.99. The smallest absolute Gasteiger partial charge is 0.229 e. The largest absolute Gasteiger partial charge is 0.383 e. The van der Waals surface area contributed by atoms with Gasteiger partial charge in [-0.3, -0.25) is 5.32 Å². The SMILES string of the molecule is COCCNC(=S)NC(=NC1CCCCC1)Nc1nc(C)cc(C)n1. The van der Waals surface area contributed by atoms with E-state index in [0.29, 0.717) is 36.2 Å². The lowest BCUT2D eigenvalue weighted by Gasteiger charge is -2.20. The third kappa shape index (κ3) is 7.31. The topological polar surface area (TPSA) is 83.5 Å². The fraction of sp³-hybridized carbons (Fsp3) is 0.647. The van der Waals surface area contributed by atoms with Crippen LogP contribution in [0.1, 0.15) is 43.5 Å². The highest BCUT2D eigenvalue weighted by atomic mass is 32.1. The van der Waals surface area contributed by atoms with Crippen molar-refractivity contribution in [1.29, 1.82) is 0 Å². The molecule has 0 aliphatic heterocycles. The van der Waals surface area contributed by atoms with E-state index in [1.165, 1.54) is 19.3 Å². The molecule has 1 aliphatic carbocycles. The molecule has 1 fully saturated rings. The van der Waals surface area contributed by atoms with Crippen LogP contribution in [0.25, 0.3) is 0 Å². The van der Waals surface area contributed by atoms with Crippen LogP contribution < -0.4 is 16.0 Å². The van der Waals surface area contributed by atoms with Gasteiger partial charge in [-0.15, -0.1) is 0 Å². The van der Waals surface area contributed by atoms with Crippen molar-refractivity contribution in [3.63, 3.8) is 0 Å². The molecule has 1 aromatic rings. The molecule has 0 aromatic carbocycles. The number of ether oxygens (including phenoxy) is 1. The molecule has 7 nitrogen and oxygen atoms in total. The summed E-state index contributed by atoms with van der Waals surface area (Å²) in [5.41, 5.74) is 1.82. The minimum atomic E-state index is 0.302. The Morgan fingerprint density at radius 3 is 2.56 bits per heavy atom. The first kappa shape index (κ1) is 19.5. The monoisotopic (exact) mass is 364 g/mol. The summed E-state index contributed by atoms with van der Waals surface area (Å²) in [5, 5.41) is 9.92.